The van der Waals surface area contributed by atoms with Crippen LogP contribution in [-0.2, 0) is 0 Å². The van der Waals surface area contributed by atoms with E-state index in [4.69, 9.17) is 0 Å². The molecule has 4 aliphatic carbocycles. The first-order valence-corrected chi connectivity index (χ1v) is 19.7. The van der Waals surface area contributed by atoms with Crippen molar-refractivity contribution in [2.24, 2.45) is 47.3 Å². The second-order valence-corrected chi connectivity index (χ2v) is 16.5. The molecular weight excluding hydrogens is 544 g/mol. The molecule has 9 rings (SSSR count). The van der Waals surface area contributed by atoms with E-state index in [2.05, 4.69) is 55.8 Å². The molecule has 0 radical (unpaired) electrons. The van der Waals surface area contributed by atoms with Gasteiger partial charge in [0, 0.05) is 0 Å². The first-order chi connectivity index (χ1) is 21.7. The van der Waals surface area contributed by atoms with Gasteiger partial charge in [0.05, 0.1) is 49.3 Å². The molecule has 5 saturated heterocycles. The molecule has 0 amide bonds. The maximum Gasteiger partial charge on any atom is 0.0652 e. The van der Waals surface area contributed by atoms with Crippen molar-refractivity contribution in [3.63, 3.8) is 0 Å². The molecule has 16 atom stereocenters. The van der Waals surface area contributed by atoms with E-state index >= 15 is 0 Å². The van der Waals surface area contributed by atoms with Crippen molar-refractivity contribution in [1.29, 1.82) is 0 Å². The predicted octanol–water partition coefficient (Wildman–Crippen LogP) is 4.32. The Labute approximate surface area is 268 Å². The van der Waals surface area contributed by atoms with E-state index in [1.54, 1.807) is 0 Å². The fraction of sp³-hybridized carbons (Fsp3) is 1.00. The molecule has 16 unspecified atom stereocenters. The average molecular weight is 611 g/mol. The van der Waals surface area contributed by atoms with E-state index in [0.717, 1.165) is 47.3 Å². The van der Waals surface area contributed by atoms with Crippen molar-refractivity contribution in [1.82, 2.24) is 41.7 Å². The van der Waals surface area contributed by atoms with Gasteiger partial charge < -0.3 is 0 Å². The summed E-state index contributed by atoms with van der Waals surface area (Å²) in [6, 6.07) is 0. The summed E-state index contributed by atoms with van der Waals surface area (Å²) < 4.78 is 0. The van der Waals surface area contributed by atoms with E-state index in [1.165, 1.54) is 103 Å². The molecule has 0 spiro atoms. The lowest BCUT2D eigenvalue weighted by Crippen LogP contribution is -2.62. The van der Waals surface area contributed by atoms with Crippen LogP contribution in [0.15, 0.2) is 0 Å². The third-order valence-electron chi connectivity index (χ3n) is 14.7. The standard InChI is InChI=1S/C34H60N8.C2H6/c1-41-31-23-15-7-8-16-24(23)32(41)38-28-20-12-4-6-14-22(20)30(36-28)40-34-26-18-10-9-17-25(26)33(42(34)2)39-29-21-13-5-3-11-19(21)27(35-29)37-31;1-2/h19-40H,3-18H2,1-2H3;1-2H3. The quantitative estimate of drug-likeness (QED) is 0.242. The predicted molar refractivity (Wildman–Crippen MR) is 178 cm³/mol. The van der Waals surface area contributed by atoms with Crippen molar-refractivity contribution in [3.05, 3.63) is 0 Å². The minimum absolute atomic E-state index is 0.425. The van der Waals surface area contributed by atoms with Crippen LogP contribution in [0.4, 0.5) is 0 Å². The molecular formula is C36H66N8. The summed E-state index contributed by atoms with van der Waals surface area (Å²) >= 11 is 0. The average Bonchev–Trinajstić information content (AvgIpc) is 3.76. The number of nitrogens with one attached hydrogen (secondary N) is 6. The normalized spacial score (nSPS) is 54.0. The molecule has 8 bridgehead atoms. The lowest BCUT2D eigenvalue weighted by Gasteiger charge is -2.37. The van der Waals surface area contributed by atoms with Gasteiger partial charge in [0.1, 0.15) is 0 Å². The number of nitrogens with zero attached hydrogens (tertiary/aromatic N) is 2. The summed E-state index contributed by atoms with van der Waals surface area (Å²) in [6.07, 6.45) is 25.9. The molecule has 250 valence electrons. The van der Waals surface area contributed by atoms with Crippen LogP contribution < -0.4 is 31.9 Å². The smallest absolute Gasteiger partial charge is 0.0652 e. The minimum Gasteiger partial charge on any atom is -0.286 e. The summed E-state index contributed by atoms with van der Waals surface area (Å²) in [7, 11) is 4.89. The van der Waals surface area contributed by atoms with E-state index in [-0.39, 0.29) is 0 Å². The van der Waals surface area contributed by atoms with Crippen LogP contribution >= 0.6 is 0 Å². The third-order valence-corrected chi connectivity index (χ3v) is 14.7. The maximum absolute atomic E-state index is 4.37. The van der Waals surface area contributed by atoms with E-state index in [9.17, 15) is 0 Å². The Morgan fingerprint density at radius 3 is 0.750 bits per heavy atom. The van der Waals surface area contributed by atoms with Gasteiger partial charge in [-0.2, -0.15) is 0 Å². The van der Waals surface area contributed by atoms with Gasteiger partial charge in [-0.1, -0.05) is 65.2 Å². The van der Waals surface area contributed by atoms with Gasteiger partial charge in [-0.05, 0) is 113 Å². The number of fused-ring (bicyclic) bond motifs is 20. The number of rotatable bonds is 0. The molecule has 0 aromatic heterocycles. The molecule has 4 saturated carbocycles. The van der Waals surface area contributed by atoms with E-state index in [0.29, 0.717) is 49.3 Å². The topological polar surface area (TPSA) is 78.7 Å². The zero-order valence-electron chi connectivity index (χ0n) is 28.4. The Morgan fingerprint density at radius 1 is 0.318 bits per heavy atom. The Balaban J connectivity index is 0.00000142. The highest BCUT2D eigenvalue weighted by Crippen LogP contribution is 2.48. The fourth-order valence-electron chi connectivity index (χ4n) is 12.8. The van der Waals surface area contributed by atoms with Crippen LogP contribution in [0.2, 0.25) is 0 Å². The first-order valence-electron chi connectivity index (χ1n) is 19.7. The zero-order chi connectivity index (χ0) is 29.9. The SMILES string of the molecule is CC.CN1C2NC3NC(NC4C5CCCCC5C(NC5NC(NC1C1CCCCC12)C1CCCCC51)N4C)C1CCCCC31. The number of hydrogen-bond donors (Lipinski definition) is 6. The summed E-state index contributed by atoms with van der Waals surface area (Å²) in [6.45, 7) is 4.00. The highest BCUT2D eigenvalue weighted by molar-refractivity contribution is 5.08. The van der Waals surface area contributed by atoms with Gasteiger partial charge in [-0.3, -0.25) is 41.7 Å². The summed E-state index contributed by atoms with van der Waals surface area (Å²) in [5, 5.41) is 26.0. The van der Waals surface area contributed by atoms with Crippen LogP contribution in [-0.4, -0.2) is 73.2 Å². The van der Waals surface area contributed by atoms with Crippen LogP contribution in [0, 0.1) is 47.3 Å². The molecule has 6 N–H and O–H groups in total. The first kappa shape index (κ1) is 31.0. The Kier molecular flexibility index (Phi) is 9.11. The maximum atomic E-state index is 4.37. The van der Waals surface area contributed by atoms with Crippen molar-refractivity contribution < 1.29 is 0 Å². The van der Waals surface area contributed by atoms with Gasteiger partial charge in [0.25, 0.3) is 0 Å². The summed E-state index contributed by atoms with van der Waals surface area (Å²) in [5.41, 5.74) is 0. The summed E-state index contributed by atoms with van der Waals surface area (Å²) in [5.74, 6) is 6.03. The van der Waals surface area contributed by atoms with Gasteiger partial charge in [0.2, 0.25) is 0 Å². The fourth-order valence-corrected chi connectivity index (χ4v) is 12.8. The molecule has 5 heterocycles. The Morgan fingerprint density at radius 2 is 0.523 bits per heavy atom. The lowest BCUT2D eigenvalue weighted by molar-refractivity contribution is 0.110. The van der Waals surface area contributed by atoms with Crippen LogP contribution in [0.1, 0.15) is 117 Å². The molecule has 0 aromatic rings. The van der Waals surface area contributed by atoms with Crippen LogP contribution in [0.3, 0.4) is 0 Å². The molecule has 8 heteroatoms. The van der Waals surface area contributed by atoms with E-state index in [1.807, 2.05) is 13.8 Å². The number of hydrogen-bond acceptors (Lipinski definition) is 8. The molecule has 0 aromatic carbocycles. The second kappa shape index (κ2) is 12.9. The highest BCUT2D eigenvalue weighted by Gasteiger charge is 2.56. The molecule has 8 nitrogen and oxygen atoms in total. The van der Waals surface area contributed by atoms with Crippen molar-refractivity contribution in [2.45, 2.75) is 166 Å². The summed E-state index contributed by atoms with van der Waals surface area (Å²) in [4.78, 5) is 5.53. The second-order valence-electron chi connectivity index (χ2n) is 16.5. The van der Waals surface area contributed by atoms with E-state index < -0.39 is 0 Å². The van der Waals surface area contributed by atoms with Crippen LogP contribution in [0.25, 0.3) is 0 Å². The molecule has 44 heavy (non-hydrogen) atoms. The molecule has 5 aliphatic heterocycles. The largest absolute Gasteiger partial charge is 0.286 e. The minimum atomic E-state index is 0.425. The molecule has 9 aliphatic rings. The molecule has 9 fully saturated rings. The zero-order valence-corrected chi connectivity index (χ0v) is 28.4. The third kappa shape index (κ3) is 5.15. The van der Waals surface area contributed by atoms with Crippen molar-refractivity contribution in [3.8, 4) is 0 Å². The van der Waals surface area contributed by atoms with Crippen molar-refractivity contribution >= 4 is 0 Å². The Bertz CT molecular complexity index is 832. The lowest BCUT2D eigenvalue weighted by atomic mass is 9.76. The van der Waals surface area contributed by atoms with Gasteiger partial charge >= 0.3 is 0 Å². The van der Waals surface area contributed by atoms with Gasteiger partial charge in [0.15, 0.2) is 0 Å². The van der Waals surface area contributed by atoms with Gasteiger partial charge in [-0.25, -0.2) is 0 Å². The van der Waals surface area contributed by atoms with Crippen molar-refractivity contribution in [2.75, 3.05) is 14.1 Å². The van der Waals surface area contributed by atoms with Gasteiger partial charge in [-0.15, -0.1) is 0 Å². The Hall–Kier alpha value is -0.320. The monoisotopic (exact) mass is 611 g/mol. The highest BCUT2D eigenvalue weighted by atomic mass is 15.5. The van der Waals surface area contributed by atoms with Crippen LogP contribution in [0.5, 0.6) is 0 Å².